The van der Waals surface area contributed by atoms with Gasteiger partial charge in [-0.3, -0.25) is 0 Å². The Morgan fingerprint density at radius 1 is 1.33 bits per heavy atom. The number of fused-ring (bicyclic) bond motifs is 1. The number of nitrogens with one attached hydrogen (secondary N) is 2. The van der Waals surface area contributed by atoms with E-state index in [0.29, 0.717) is 4.77 Å². The average Bonchev–Trinajstić information content (AvgIpc) is 2.85. The molecule has 18 heavy (non-hydrogen) atoms. The third-order valence-corrected chi connectivity index (χ3v) is 3.27. The van der Waals surface area contributed by atoms with Gasteiger partial charge in [-0.25, -0.2) is 4.98 Å². The molecular formula is C13H13N3OS. The molecule has 0 saturated heterocycles. The molecule has 1 aromatic carbocycles. The molecule has 4 nitrogen and oxygen atoms in total. The highest BCUT2D eigenvalue weighted by Crippen LogP contribution is 2.34. The van der Waals surface area contributed by atoms with E-state index < -0.39 is 0 Å². The number of ether oxygens (including phenoxy) is 1. The van der Waals surface area contributed by atoms with Gasteiger partial charge in [0.1, 0.15) is 11.6 Å². The first-order chi connectivity index (χ1) is 8.79. The molecule has 0 spiro atoms. The van der Waals surface area contributed by atoms with Crippen molar-refractivity contribution in [2.24, 2.45) is 0 Å². The van der Waals surface area contributed by atoms with Crippen molar-refractivity contribution in [1.82, 2.24) is 9.97 Å². The fraction of sp³-hybridized carbons (Fsp3) is 0.231. The predicted octanol–water partition coefficient (Wildman–Crippen LogP) is 2.78. The van der Waals surface area contributed by atoms with E-state index in [9.17, 15) is 0 Å². The fourth-order valence-corrected chi connectivity index (χ4v) is 2.47. The Balaban J connectivity index is 2.26. The van der Waals surface area contributed by atoms with Gasteiger partial charge in [0, 0.05) is 17.7 Å². The highest BCUT2D eigenvalue weighted by Gasteiger charge is 2.19. The van der Waals surface area contributed by atoms with Gasteiger partial charge in [-0.15, -0.1) is 0 Å². The second-order valence-corrected chi connectivity index (χ2v) is 4.51. The number of benzene rings is 1. The maximum absolute atomic E-state index is 5.40. The third kappa shape index (κ3) is 1.76. The zero-order valence-corrected chi connectivity index (χ0v) is 10.8. The lowest BCUT2D eigenvalue weighted by Gasteiger charge is -2.11. The van der Waals surface area contributed by atoms with E-state index in [4.69, 9.17) is 17.0 Å². The molecule has 3 rings (SSSR count). The summed E-state index contributed by atoms with van der Waals surface area (Å²) >= 11 is 5.17. The van der Waals surface area contributed by atoms with E-state index in [2.05, 4.69) is 15.3 Å². The maximum atomic E-state index is 5.40. The summed E-state index contributed by atoms with van der Waals surface area (Å²) in [4.78, 5) is 7.49. The fourth-order valence-electron chi connectivity index (χ4n) is 2.27. The lowest BCUT2D eigenvalue weighted by atomic mass is 10.0. The quantitative estimate of drug-likeness (QED) is 0.814. The lowest BCUT2D eigenvalue weighted by Crippen LogP contribution is -1.97. The van der Waals surface area contributed by atoms with Gasteiger partial charge in [0.05, 0.1) is 12.8 Å². The molecule has 2 N–H and O–H groups in total. The number of hydrogen-bond donors (Lipinski definition) is 2. The molecule has 2 aromatic rings. The Morgan fingerprint density at radius 3 is 3.00 bits per heavy atom. The van der Waals surface area contributed by atoms with Gasteiger partial charge in [-0.1, -0.05) is 12.1 Å². The van der Waals surface area contributed by atoms with Crippen LogP contribution in [0.1, 0.15) is 5.56 Å². The number of methoxy groups -OCH3 is 1. The van der Waals surface area contributed by atoms with Gasteiger partial charge in [-0.05, 0) is 30.8 Å². The molecule has 0 atom stereocenters. The first-order valence-corrected chi connectivity index (χ1v) is 6.21. The van der Waals surface area contributed by atoms with Crippen molar-refractivity contribution in [3.63, 3.8) is 0 Å². The van der Waals surface area contributed by atoms with Crippen LogP contribution in [-0.2, 0) is 6.42 Å². The molecule has 0 amide bonds. The van der Waals surface area contributed by atoms with Gasteiger partial charge < -0.3 is 15.0 Å². The molecule has 92 valence electrons. The van der Waals surface area contributed by atoms with Crippen molar-refractivity contribution < 1.29 is 4.74 Å². The first-order valence-electron chi connectivity index (χ1n) is 5.80. The molecule has 0 radical (unpaired) electrons. The van der Waals surface area contributed by atoms with E-state index in [-0.39, 0.29) is 0 Å². The molecule has 0 saturated carbocycles. The van der Waals surface area contributed by atoms with Crippen LogP contribution < -0.4 is 10.1 Å². The summed E-state index contributed by atoms with van der Waals surface area (Å²) in [6, 6.07) is 7.92. The van der Waals surface area contributed by atoms with Crippen LogP contribution in [0, 0.1) is 4.77 Å². The number of anilines is 1. The first kappa shape index (κ1) is 11.2. The number of H-pyrrole nitrogens is 1. The van der Waals surface area contributed by atoms with Crippen LogP contribution in [0.25, 0.3) is 11.3 Å². The van der Waals surface area contributed by atoms with E-state index >= 15 is 0 Å². The van der Waals surface area contributed by atoms with Gasteiger partial charge in [0.2, 0.25) is 0 Å². The van der Waals surface area contributed by atoms with Crippen molar-refractivity contribution >= 4 is 18.0 Å². The lowest BCUT2D eigenvalue weighted by molar-refractivity contribution is 0.416. The number of para-hydroxylation sites is 1. The van der Waals surface area contributed by atoms with Crippen molar-refractivity contribution in [3.05, 3.63) is 34.6 Å². The largest absolute Gasteiger partial charge is 0.496 e. The van der Waals surface area contributed by atoms with Gasteiger partial charge in [0.15, 0.2) is 4.77 Å². The molecule has 5 heteroatoms. The Kier molecular flexibility index (Phi) is 2.76. The number of nitrogens with zero attached hydrogens (tertiary/aromatic N) is 1. The molecule has 0 bridgehead atoms. The zero-order chi connectivity index (χ0) is 12.5. The second kappa shape index (κ2) is 4.42. The van der Waals surface area contributed by atoms with Gasteiger partial charge in [-0.2, -0.15) is 0 Å². The molecule has 0 unspecified atom stereocenters. The van der Waals surface area contributed by atoms with E-state index in [0.717, 1.165) is 35.8 Å². The molecule has 0 fully saturated rings. The normalized spacial score (nSPS) is 12.9. The third-order valence-electron chi connectivity index (χ3n) is 3.08. The SMILES string of the molecule is COc1ccccc1-c1[nH]c(=S)nc2c1CCN2. The maximum Gasteiger partial charge on any atom is 0.199 e. The standard InChI is InChI=1S/C13H13N3OS/c1-17-10-5-3-2-4-8(10)11-9-6-7-14-12(9)16-13(18)15-11/h2-5H,6-7H2,1H3,(H2,14,15,16,18). The number of hydrogen-bond acceptors (Lipinski definition) is 4. The minimum Gasteiger partial charge on any atom is -0.496 e. The smallest absolute Gasteiger partial charge is 0.199 e. The van der Waals surface area contributed by atoms with Crippen LogP contribution in [0.4, 0.5) is 5.82 Å². The molecule has 1 aromatic heterocycles. The zero-order valence-electron chi connectivity index (χ0n) is 9.99. The average molecular weight is 259 g/mol. The number of aromatic amines is 1. The molecule has 1 aliphatic heterocycles. The van der Waals surface area contributed by atoms with Gasteiger partial charge in [0.25, 0.3) is 0 Å². The van der Waals surface area contributed by atoms with E-state index in [1.54, 1.807) is 7.11 Å². The second-order valence-electron chi connectivity index (χ2n) is 4.12. The Hall–Kier alpha value is -1.88. The highest BCUT2D eigenvalue weighted by molar-refractivity contribution is 7.71. The predicted molar refractivity (Wildman–Crippen MR) is 73.6 cm³/mol. The van der Waals surface area contributed by atoms with Crippen molar-refractivity contribution in [2.75, 3.05) is 19.0 Å². The van der Waals surface area contributed by atoms with Crippen LogP contribution in [0.5, 0.6) is 5.75 Å². The molecule has 1 aliphatic rings. The molecular weight excluding hydrogens is 246 g/mol. The highest BCUT2D eigenvalue weighted by atomic mass is 32.1. The Bertz CT molecular complexity index is 651. The molecule has 2 heterocycles. The Morgan fingerprint density at radius 2 is 2.17 bits per heavy atom. The Labute approximate surface area is 110 Å². The minimum atomic E-state index is 0.490. The van der Waals surface area contributed by atoms with Crippen molar-refractivity contribution in [1.29, 1.82) is 0 Å². The topological polar surface area (TPSA) is 49.9 Å². The summed E-state index contributed by atoms with van der Waals surface area (Å²) in [7, 11) is 1.67. The minimum absolute atomic E-state index is 0.490. The van der Waals surface area contributed by atoms with Crippen LogP contribution in [0.3, 0.4) is 0 Å². The summed E-state index contributed by atoms with van der Waals surface area (Å²) in [6.07, 6.45) is 0.946. The van der Waals surface area contributed by atoms with Crippen LogP contribution >= 0.6 is 12.2 Å². The van der Waals surface area contributed by atoms with Crippen LogP contribution in [-0.4, -0.2) is 23.6 Å². The summed E-state index contributed by atoms with van der Waals surface area (Å²) in [6.45, 7) is 0.900. The van der Waals surface area contributed by atoms with Crippen LogP contribution in [0.2, 0.25) is 0 Å². The summed E-state index contributed by atoms with van der Waals surface area (Å²) in [5, 5.41) is 3.25. The van der Waals surface area contributed by atoms with Gasteiger partial charge >= 0.3 is 0 Å². The van der Waals surface area contributed by atoms with Crippen molar-refractivity contribution in [3.8, 4) is 17.0 Å². The summed E-state index contributed by atoms with van der Waals surface area (Å²) in [5.74, 6) is 1.73. The number of aromatic nitrogens is 2. The summed E-state index contributed by atoms with van der Waals surface area (Å²) in [5.41, 5.74) is 3.20. The van der Waals surface area contributed by atoms with E-state index in [1.807, 2.05) is 24.3 Å². The monoisotopic (exact) mass is 259 g/mol. The molecule has 0 aliphatic carbocycles. The number of rotatable bonds is 2. The summed E-state index contributed by atoms with van der Waals surface area (Å²) < 4.78 is 5.89. The van der Waals surface area contributed by atoms with E-state index in [1.165, 1.54) is 5.56 Å². The van der Waals surface area contributed by atoms with Crippen molar-refractivity contribution in [2.45, 2.75) is 6.42 Å². The van der Waals surface area contributed by atoms with Crippen LogP contribution in [0.15, 0.2) is 24.3 Å².